The molecule has 0 spiro atoms. The molecule has 0 heterocycles. The molecule has 0 atom stereocenters. The van der Waals surface area contributed by atoms with Gasteiger partial charge in [-0.05, 0) is 20.8 Å². The molecule has 0 fully saturated rings. The molecule has 8 heteroatoms. The summed E-state index contributed by atoms with van der Waals surface area (Å²) in [5.41, 5.74) is 0. The van der Waals surface area contributed by atoms with Crippen molar-refractivity contribution in [3.05, 3.63) is 0 Å². The van der Waals surface area contributed by atoms with E-state index in [1.54, 1.807) is 0 Å². The van der Waals surface area contributed by atoms with Gasteiger partial charge in [0.1, 0.15) is 0 Å². The minimum atomic E-state index is -2.30. The predicted molar refractivity (Wildman–Crippen MR) is 91.3 cm³/mol. The van der Waals surface area contributed by atoms with Crippen LogP contribution in [0.3, 0.4) is 0 Å². The maximum atomic E-state index is 9.98. The van der Waals surface area contributed by atoms with E-state index in [4.69, 9.17) is 18.4 Å². The van der Waals surface area contributed by atoms with Crippen molar-refractivity contribution in [3.8, 4) is 5.75 Å². The molecule has 0 aromatic rings. The Morgan fingerprint density at radius 3 is 1.77 bits per heavy atom. The van der Waals surface area contributed by atoms with E-state index in [0.717, 1.165) is 12.5 Å². The molecule has 22 heavy (non-hydrogen) atoms. The second-order valence-electron chi connectivity index (χ2n) is 5.06. The Morgan fingerprint density at radius 2 is 1.50 bits per heavy atom. The molecule has 0 bridgehead atoms. The topological polar surface area (TPSA) is 65.0 Å². The molecule has 0 rings (SSSR count). The second kappa shape index (κ2) is 14.6. The quantitative estimate of drug-likeness (QED) is 0.371. The molecular formula is C14H33NO5PSi+. The number of aliphatic hydroxyl groups is 1. The van der Waals surface area contributed by atoms with Crippen LogP contribution in [0.2, 0.25) is 6.04 Å². The Kier molecular flexibility index (Phi) is 16.1. The molecule has 0 saturated carbocycles. The SMILES string of the molecule is CCC[Si](OCC)(OCC)OCC.C[N+](C)(C#P=O)CCO. The fraction of sp³-hybridized carbons (Fsp3) is 0.929. The van der Waals surface area contributed by atoms with Crippen LogP contribution in [0.15, 0.2) is 0 Å². The summed E-state index contributed by atoms with van der Waals surface area (Å²) in [6.45, 7) is 10.7. The third kappa shape index (κ3) is 12.6. The van der Waals surface area contributed by atoms with E-state index in [1.165, 1.54) is 0 Å². The fourth-order valence-electron chi connectivity index (χ4n) is 1.72. The van der Waals surface area contributed by atoms with Crippen molar-refractivity contribution in [2.24, 2.45) is 0 Å². The Bertz CT molecular complexity index is 332. The summed E-state index contributed by atoms with van der Waals surface area (Å²) in [6.07, 6.45) is 1.05. The Labute approximate surface area is 137 Å². The molecule has 0 aliphatic heterocycles. The third-order valence-corrected chi connectivity index (χ3v) is 6.54. The number of hydrogen-bond donors (Lipinski definition) is 1. The van der Waals surface area contributed by atoms with Crippen molar-refractivity contribution in [2.45, 2.75) is 40.2 Å². The van der Waals surface area contributed by atoms with Crippen LogP contribution >= 0.6 is 7.92 Å². The van der Waals surface area contributed by atoms with Crippen LogP contribution in [-0.4, -0.2) is 65.5 Å². The molecule has 0 aromatic carbocycles. The van der Waals surface area contributed by atoms with Gasteiger partial charge in [-0.2, -0.15) is 0 Å². The number of rotatable bonds is 10. The summed E-state index contributed by atoms with van der Waals surface area (Å²) in [5, 5.41) is 8.47. The standard InChI is InChI=1S/C9H22O3Si.C5H11NO2P/c1-5-9-13(10-6-2,11-7-3)12-8-4;1-6(2,3-4-7)5-9-8/h5-9H2,1-4H3;7H,3-4H2,1-2H3/q;+1. The molecule has 0 aromatic heterocycles. The van der Waals surface area contributed by atoms with Crippen LogP contribution in [0.1, 0.15) is 34.1 Å². The monoisotopic (exact) mass is 354 g/mol. The summed E-state index contributed by atoms with van der Waals surface area (Å²) in [5.74, 6) is 2.62. The van der Waals surface area contributed by atoms with Crippen molar-refractivity contribution in [1.82, 2.24) is 0 Å². The number of nitrogens with zero attached hydrogens (tertiary/aromatic N) is 1. The normalized spacial score (nSPS) is 11.4. The number of hydrogen-bond acceptors (Lipinski definition) is 5. The van der Waals surface area contributed by atoms with Gasteiger partial charge in [0, 0.05) is 25.9 Å². The number of aliphatic hydroxyl groups excluding tert-OH is 1. The van der Waals surface area contributed by atoms with Gasteiger partial charge in [0.05, 0.1) is 0 Å². The average molecular weight is 354 g/mol. The van der Waals surface area contributed by atoms with Crippen molar-refractivity contribution in [2.75, 3.05) is 47.1 Å². The van der Waals surface area contributed by atoms with Crippen LogP contribution in [0.4, 0.5) is 0 Å². The van der Waals surface area contributed by atoms with Crippen molar-refractivity contribution >= 4 is 16.7 Å². The van der Waals surface area contributed by atoms with E-state index < -0.39 is 8.80 Å². The molecule has 0 aliphatic carbocycles. The van der Waals surface area contributed by atoms with Crippen LogP contribution in [-0.2, 0) is 17.8 Å². The van der Waals surface area contributed by atoms with Crippen LogP contribution in [0.5, 0.6) is 0 Å². The van der Waals surface area contributed by atoms with Crippen LogP contribution in [0.25, 0.3) is 0 Å². The fourth-order valence-corrected chi connectivity index (χ4v) is 4.65. The van der Waals surface area contributed by atoms with E-state index in [2.05, 4.69) is 12.7 Å². The van der Waals surface area contributed by atoms with E-state index in [-0.39, 0.29) is 14.5 Å². The van der Waals surface area contributed by atoms with E-state index >= 15 is 0 Å². The van der Waals surface area contributed by atoms with E-state index in [0.29, 0.717) is 30.8 Å². The van der Waals surface area contributed by atoms with Crippen LogP contribution in [0, 0.1) is 5.75 Å². The summed E-state index contributed by atoms with van der Waals surface area (Å²) >= 11 is 0. The molecule has 0 aliphatic rings. The van der Waals surface area contributed by atoms with Gasteiger partial charge in [-0.3, -0.25) is 0 Å². The molecule has 0 radical (unpaired) electrons. The summed E-state index contributed by atoms with van der Waals surface area (Å²) in [6, 6.07) is 0.919. The van der Waals surface area contributed by atoms with E-state index in [9.17, 15) is 4.57 Å². The molecule has 1 N–H and O–H groups in total. The van der Waals surface area contributed by atoms with Crippen molar-refractivity contribution in [3.63, 3.8) is 0 Å². The van der Waals surface area contributed by atoms with Crippen molar-refractivity contribution < 1.29 is 27.4 Å². The van der Waals surface area contributed by atoms with Gasteiger partial charge in [0.15, 0.2) is 0 Å². The zero-order valence-electron chi connectivity index (χ0n) is 14.9. The van der Waals surface area contributed by atoms with Gasteiger partial charge in [0.25, 0.3) is 0 Å². The zero-order chi connectivity index (χ0) is 17.5. The summed E-state index contributed by atoms with van der Waals surface area (Å²) < 4.78 is 27.3. The van der Waals surface area contributed by atoms with Gasteiger partial charge >= 0.3 is 63.9 Å². The first-order chi connectivity index (χ1) is 10.4. The van der Waals surface area contributed by atoms with Crippen LogP contribution < -0.4 is 0 Å². The molecule has 6 nitrogen and oxygen atoms in total. The first kappa shape index (κ1) is 24.3. The first-order valence-corrected chi connectivity index (χ1v) is 10.6. The first-order valence-electron chi connectivity index (χ1n) is 7.82. The Balaban J connectivity index is 0. The second-order valence-corrected chi connectivity index (χ2v) is 8.17. The minimum absolute atomic E-state index is 0.0928. The molecule has 0 unspecified atom stereocenters. The molecule has 132 valence electrons. The summed E-state index contributed by atoms with van der Waals surface area (Å²) in [4.78, 5) is 0. The third-order valence-electron chi connectivity index (χ3n) is 2.62. The zero-order valence-corrected chi connectivity index (χ0v) is 16.8. The molecular weight excluding hydrogens is 321 g/mol. The van der Waals surface area contributed by atoms with E-state index in [1.807, 2.05) is 34.9 Å². The average Bonchev–Trinajstić information content (AvgIpc) is 2.40. The molecule has 0 amide bonds. The Morgan fingerprint density at radius 1 is 1.05 bits per heavy atom. The number of likely N-dealkylation sites (N-methyl/N-ethyl adjacent to an activating group) is 1. The van der Waals surface area contributed by atoms with Crippen molar-refractivity contribution in [1.29, 1.82) is 0 Å². The number of quaternary nitrogens is 1. The molecule has 0 saturated heterocycles. The van der Waals surface area contributed by atoms with Gasteiger partial charge in [-0.1, -0.05) is 13.3 Å². The Hall–Kier alpha value is 0.0269. The van der Waals surface area contributed by atoms with Gasteiger partial charge in [0.2, 0.25) is 0 Å². The van der Waals surface area contributed by atoms with Gasteiger partial charge in [-0.25, -0.2) is 0 Å². The van der Waals surface area contributed by atoms with Gasteiger partial charge < -0.3 is 13.3 Å². The predicted octanol–water partition coefficient (Wildman–Crippen LogP) is 2.71. The summed E-state index contributed by atoms with van der Waals surface area (Å²) in [7, 11) is 1.24. The van der Waals surface area contributed by atoms with Gasteiger partial charge in [-0.15, -0.1) is 0 Å². The maximum absolute atomic E-state index is 9.98.